The van der Waals surface area contributed by atoms with Crippen molar-refractivity contribution in [3.8, 4) is 23.0 Å². The van der Waals surface area contributed by atoms with Gasteiger partial charge in [-0.25, -0.2) is 0 Å². The van der Waals surface area contributed by atoms with Gasteiger partial charge in [-0.05, 0) is 17.7 Å². The van der Waals surface area contributed by atoms with Crippen LogP contribution in [0.15, 0.2) is 45.8 Å². The molecule has 2 heterocycles. The van der Waals surface area contributed by atoms with Crippen LogP contribution in [0.25, 0.3) is 11.0 Å². The van der Waals surface area contributed by atoms with Crippen LogP contribution in [-0.2, 0) is 6.42 Å². The predicted octanol–water partition coefficient (Wildman–Crippen LogP) is 1.95. The van der Waals surface area contributed by atoms with Gasteiger partial charge in [0.2, 0.25) is 0 Å². The minimum absolute atomic E-state index is 0.0533. The maximum Gasteiger partial charge on any atom is 0.196 e. The highest BCUT2D eigenvalue weighted by molar-refractivity contribution is 5.87. The van der Waals surface area contributed by atoms with Crippen LogP contribution < -0.4 is 10.2 Å². The van der Waals surface area contributed by atoms with Gasteiger partial charge in [0.15, 0.2) is 16.9 Å². The van der Waals surface area contributed by atoms with Crippen LogP contribution in [0.2, 0.25) is 0 Å². The molecule has 0 amide bonds. The van der Waals surface area contributed by atoms with E-state index in [1.807, 2.05) is 0 Å². The van der Waals surface area contributed by atoms with Crippen molar-refractivity contribution in [2.75, 3.05) is 0 Å². The number of hydrogen-bond donors (Lipinski definition) is 4. The molecule has 7 heteroatoms. The topological polar surface area (TPSA) is 120 Å². The van der Waals surface area contributed by atoms with Crippen LogP contribution in [0.1, 0.15) is 17.2 Å². The van der Waals surface area contributed by atoms with Crippen molar-refractivity contribution < 1.29 is 29.6 Å². The van der Waals surface area contributed by atoms with E-state index in [0.717, 1.165) is 0 Å². The first-order chi connectivity index (χ1) is 12.0. The zero-order chi connectivity index (χ0) is 17.7. The van der Waals surface area contributed by atoms with Gasteiger partial charge >= 0.3 is 0 Å². The van der Waals surface area contributed by atoms with Crippen LogP contribution in [0.3, 0.4) is 0 Å². The van der Waals surface area contributed by atoms with E-state index in [0.29, 0.717) is 11.1 Å². The molecule has 4 rings (SSSR count). The lowest BCUT2D eigenvalue weighted by Gasteiger charge is -2.31. The average molecular weight is 342 g/mol. The zero-order valence-electron chi connectivity index (χ0n) is 12.8. The number of ether oxygens (including phenoxy) is 1. The van der Waals surface area contributed by atoms with Gasteiger partial charge in [0.25, 0.3) is 0 Å². The second-order valence-corrected chi connectivity index (χ2v) is 5.92. The smallest absolute Gasteiger partial charge is 0.196 e. The molecule has 0 spiro atoms. The lowest BCUT2D eigenvalue weighted by Crippen LogP contribution is -2.31. The Bertz CT molecular complexity index is 1040. The summed E-state index contributed by atoms with van der Waals surface area (Å²) in [6, 6.07) is 6.63. The Labute approximate surface area is 141 Å². The highest BCUT2D eigenvalue weighted by Gasteiger charge is 2.34. The Morgan fingerprint density at radius 1 is 1.00 bits per heavy atom. The molecule has 1 aliphatic heterocycles. The van der Waals surface area contributed by atoms with Gasteiger partial charge in [-0.15, -0.1) is 0 Å². The Morgan fingerprint density at radius 2 is 1.80 bits per heavy atom. The second-order valence-electron chi connectivity index (χ2n) is 5.92. The maximum absolute atomic E-state index is 12.2. The van der Waals surface area contributed by atoms with Crippen molar-refractivity contribution in [1.29, 1.82) is 0 Å². The SMILES string of the molecule is O=c1ccoc2cc(O)c3c(c12)OC(c1ccc(O)c(O)c1)C(O)C3. The zero-order valence-corrected chi connectivity index (χ0v) is 12.8. The molecule has 0 bridgehead atoms. The summed E-state index contributed by atoms with van der Waals surface area (Å²) in [5, 5.41) is 39.9. The number of aliphatic hydroxyl groups is 1. The van der Waals surface area contributed by atoms with E-state index >= 15 is 0 Å². The van der Waals surface area contributed by atoms with Crippen molar-refractivity contribution in [3.63, 3.8) is 0 Å². The number of phenols is 3. The predicted molar refractivity (Wildman–Crippen MR) is 87.0 cm³/mol. The third kappa shape index (κ3) is 2.36. The Hall–Kier alpha value is -3.19. The fourth-order valence-corrected chi connectivity index (χ4v) is 3.10. The molecule has 25 heavy (non-hydrogen) atoms. The van der Waals surface area contributed by atoms with E-state index in [1.54, 1.807) is 0 Å². The number of aromatic hydroxyl groups is 3. The Balaban J connectivity index is 1.90. The van der Waals surface area contributed by atoms with Gasteiger partial charge in [-0.1, -0.05) is 6.07 Å². The number of fused-ring (bicyclic) bond motifs is 3. The molecule has 3 aromatic rings. The average Bonchev–Trinajstić information content (AvgIpc) is 2.57. The lowest BCUT2D eigenvalue weighted by molar-refractivity contribution is 0.0210. The molecule has 2 unspecified atom stereocenters. The Morgan fingerprint density at radius 3 is 2.56 bits per heavy atom. The van der Waals surface area contributed by atoms with Crippen LogP contribution in [0, 0.1) is 0 Å². The minimum Gasteiger partial charge on any atom is -0.507 e. The van der Waals surface area contributed by atoms with Crippen LogP contribution >= 0.6 is 0 Å². The maximum atomic E-state index is 12.2. The third-order valence-electron chi connectivity index (χ3n) is 4.32. The fraction of sp³-hybridized carbons (Fsp3) is 0.167. The molecule has 1 aliphatic rings. The number of benzene rings is 2. The van der Waals surface area contributed by atoms with Gasteiger partial charge in [0.05, 0.1) is 12.4 Å². The van der Waals surface area contributed by atoms with Crippen molar-refractivity contribution in [1.82, 2.24) is 0 Å². The molecule has 2 aromatic carbocycles. The van der Waals surface area contributed by atoms with Gasteiger partial charge < -0.3 is 29.6 Å². The molecule has 2 atom stereocenters. The quantitative estimate of drug-likeness (QED) is 0.499. The molecule has 0 saturated heterocycles. The van der Waals surface area contributed by atoms with Crippen molar-refractivity contribution in [3.05, 3.63) is 57.9 Å². The standard InChI is InChI=1S/C18H14O7/c19-10-2-1-8(5-13(10)22)17-14(23)6-9-12(21)7-15-16(18(9)25-17)11(20)3-4-24-15/h1-5,7,14,17,19,21-23H,6H2. The van der Waals surface area contributed by atoms with E-state index in [4.69, 9.17) is 9.15 Å². The summed E-state index contributed by atoms with van der Waals surface area (Å²) in [6.45, 7) is 0. The summed E-state index contributed by atoms with van der Waals surface area (Å²) in [4.78, 5) is 12.2. The molecule has 1 aromatic heterocycles. The van der Waals surface area contributed by atoms with Crippen LogP contribution in [0.4, 0.5) is 0 Å². The molecule has 128 valence electrons. The number of phenolic OH excluding ortho intramolecular Hbond substituents is 3. The molecule has 0 saturated carbocycles. The van der Waals surface area contributed by atoms with Crippen molar-refractivity contribution >= 4 is 11.0 Å². The third-order valence-corrected chi connectivity index (χ3v) is 4.32. The normalized spacial score (nSPS) is 19.4. The van der Waals surface area contributed by atoms with Crippen LogP contribution in [-0.4, -0.2) is 26.5 Å². The molecule has 0 aliphatic carbocycles. The van der Waals surface area contributed by atoms with E-state index in [9.17, 15) is 25.2 Å². The van der Waals surface area contributed by atoms with E-state index in [-0.39, 0.29) is 45.8 Å². The van der Waals surface area contributed by atoms with Gasteiger partial charge in [-0.2, -0.15) is 0 Å². The monoisotopic (exact) mass is 342 g/mol. The number of hydrogen-bond acceptors (Lipinski definition) is 7. The van der Waals surface area contributed by atoms with E-state index in [1.165, 1.54) is 36.6 Å². The van der Waals surface area contributed by atoms with Gasteiger partial charge in [0, 0.05) is 24.1 Å². The fourth-order valence-electron chi connectivity index (χ4n) is 3.10. The first-order valence-corrected chi connectivity index (χ1v) is 7.58. The molecular formula is C18H14O7. The largest absolute Gasteiger partial charge is 0.507 e. The van der Waals surface area contributed by atoms with E-state index in [2.05, 4.69) is 0 Å². The summed E-state index contributed by atoms with van der Waals surface area (Å²) in [5.74, 6) is -0.632. The highest BCUT2D eigenvalue weighted by atomic mass is 16.5. The molecule has 0 fully saturated rings. The molecule has 7 nitrogen and oxygen atoms in total. The van der Waals surface area contributed by atoms with Crippen LogP contribution in [0.5, 0.6) is 23.0 Å². The molecule has 0 radical (unpaired) electrons. The summed E-state index contributed by atoms with van der Waals surface area (Å²) in [5.41, 5.74) is 0.580. The first kappa shape index (κ1) is 15.3. The minimum atomic E-state index is -1.02. The summed E-state index contributed by atoms with van der Waals surface area (Å²) >= 11 is 0. The first-order valence-electron chi connectivity index (χ1n) is 7.58. The summed E-state index contributed by atoms with van der Waals surface area (Å²) < 4.78 is 11.1. The number of aliphatic hydroxyl groups excluding tert-OH is 1. The van der Waals surface area contributed by atoms with Crippen molar-refractivity contribution in [2.24, 2.45) is 0 Å². The van der Waals surface area contributed by atoms with Gasteiger partial charge in [0.1, 0.15) is 28.6 Å². The molecular weight excluding hydrogens is 328 g/mol. The second kappa shape index (κ2) is 5.42. The highest BCUT2D eigenvalue weighted by Crippen LogP contribution is 2.44. The Kier molecular flexibility index (Phi) is 3.33. The van der Waals surface area contributed by atoms with E-state index < -0.39 is 12.2 Å². The summed E-state index contributed by atoms with van der Waals surface area (Å²) in [7, 11) is 0. The number of rotatable bonds is 1. The summed E-state index contributed by atoms with van der Waals surface area (Å²) in [6.07, 6.45) is -0.624. The van der Waals surface area contributed by atoms with Crippen molar-refractivity contribution in [2.45, 2.75) is 18.6 Å². The van der Waals surface area contributed by atoms with Gasteiger partial charge in [-0.3, -0.25) is 4.79 Å². The molecule has 4 N–H and O–H groups in total. The lowest BCUT2D eigenvalue weighted by atomic mass is 9.92.